The van der Waals surface area contributed by atoms with Crippen molar-refractivity contribution in [3.63, 3.8) is 0 Å². The highest BCUT2D eigenvalue weighted by molar-refractivity contribution is 7.85. The first-order valence-corrected chi connectivity index (χ1v) is 13.0. The Morgan fingerprint density at radius 1 is 0.771 bits per heavy atom. The zero-order valence-electron chi connectivity index (χ0n) is 18.8. The third-order valence-corrected chi connectivity index (χ3v) is 7.05. The van der Waals surface area contributed by atoms with Gasteiger partial charge in [-0.1, -0.05) is 72.8 Å². The summed E-state index contributed by atoms with van der Waals surface area (Å²) < 4.78 is 40.2. The first-order valence-electron chi connectivity index (χ1n) is 11.4. The number of hydrogen-bond donors (Lipinski definition) is 0. The number of aromatic nitrogens is 4. The quantitative estimate of drug-likeness (QED) is 0.262. The van der Waals surface area contributed by atoms with Gasteiger partial charge in [0.1, 0.15) is 6.20 Å². The summed E-state index contributed by atoms with van der Waals surface area (Å²) in [7, 11) is -4.29. The minimum Gasteiger partial charge on any atom is -0.748 e. The maximum atomic E-state index is 11.3. The summed E-state index contributed by atoms with van der Waals surface area (Å²) in [6.07, 6.45) is 4.11. The molecule has 0 aliphatic carbocycles. The number of hydrogen-bond acceptors (Lipinski definition) is 4. The molecule has 0 saturated carbocycles. The SMILES string of the molecule is O=S(=O)([O-])CCC[n+]1cc(-c2ccccc2)n2c3ccccc3n3c(-c4ccccc4)cnc3c21. The maximum Gasteiger partial charge on any atom is 0.331 e. The van der Waals surface area contributed by atoms with E-state index >= 15 is 0 Å². The third-order valence-electron chi connectivity index (χ3n) is 6.26. The van der Waals surface area contributed by atoms with E-state index in [0.29, 0.717) is 6.54 Å². The molecule has 7 nitrogen and oxygen atoms in total. The van der Waals surface area contributed by atoms with Crippen LogP contribution in [0.2, 0.25) is 0 Å². The third kappa shape index (κ3) is 3.77. The molecule has 0 atom stereocenters. The van der Waals surface area contributed by atoms with Gasteiger partial charge in [-0.15, -0.1) is 0 Å². The van der Waals surface area contributed by atoms with Crippen molar-refractivity contribution >= 4 is 32.4 Å². The molecule has 6 aromatic rings. The number of fused-ring (bicyclic) bond motifs is 6. The van der Waals surface area contributed by atoms with Crippen molar-refractivity contribution in [1.82, 2.24) is 13.8 Å². The Hall–Kier alpha value is -4.01. The summed E-state index contributed by atoms with van der Waals surface area (Å²) in [6, 6.07) is 28.4. The Balaban J connectivity index is 1.71. The number of benzene rings is 3. The van der Waals surface area contributed by atoms with Gasteiger partial charge >= 0.3 is 5.65 Å². The van der Waals surface area contributed by atoms with Crippen molar-refractivity contribution in [3.05, 3.63) is 97.3 Å². The van der Waals surface area contributed by atoms with E-state index < -0.39 is 15.9 Å². The van der Waals surface area contributed by atoms with Crippen LogP contribution in [0.4, 0.5) is 0 Å². The van der Waals surface area contributed by atoms with Gasteiger partial charge in [0.15, 0.2) is 11.2 Å². The van der Waals surface area contributed by atoms with Crippen LogP contribution in [0.25, 0.3) is 44.8 Å². The molecule has 0 N–H and O–H groups in total. The summed E-state index contributed by atoms with van der Waals surface area (Å²) in [5, 5.41) is 0. The van der Waals surface area contributed by atoms with Crippen molar-refractivity contribution in [1.29, 1.82) is 0 Å². The maximum absolute atomic E-state index is 11.3. The fourth-order valence-electron chi connectivity index (χ4n) is 4.78. The second-order valence-electron chi connectivity index (χ2n) is 8.51. The molecule has 3 aromatic heterocycles. The van der Waals surface area contributed by atoms with Crippen LogP contribution in [0.5, 0.6) is 0 Å². The van der Waals surface area contributed by atoms with Crippen LogP contribution in [0.15, 0.2) is 97.3 Å². The van der Waals surface area contributed by atoms with E-state index in [4.69, 9.17) is 4.98 Å². The standard InChI is InChI=1S/C27H22N4O3S/c32-35(33,34)17-9-16-29-19-25(21-12-5-2-6-13-21)31-23-15-8-7-14-22(23)30-24(18-28-26(30)27(29)31)20-10-3-1-4-11-20/h1-8,10-15,18-19H,9,16-17H2. The molecule has 3 aromatic carbocycles. The van der Waals surface area contributed by atoms with Gasteiger partial charge in [-0.05, 0) is 18.6 Å². The van der Waals surface area contributed by atoms with Gasteiger partial charge in [0.25, 0.3) is 0 Å². The molecule has 0 aliphatic rings. The van der Waals surface area contributed by atoms with Crippen molar-refractivity contribution in [3.8, 4) is 22.5 Å². The lowest BCUT2D eigenvalue weighted by atomic mass is 10.1. The first-order chi connectivity index (χ1) is 17.0. The van der Waals surface area contributed by atoms with Crippen LogP contribution < -0.4 is 4.57 Å². The summed E-state index contributed by atoms with van der Waals surface area (Å²) >= 11 is 0. The molecule has 3 heterocycles. The van der Waals surface area contributed by atoms with Crippen LogP contribution in [-0.4, -0.2) is 32.5 Å². The summed E-state index contributed by atoms with van der Waals surface area (Å²) in [4.78, 5) is 4.84. The van der Waals surface area contributed by atoms with E-state index in [-0.39, 0.29) is 6.42 Å². The monoisotopic (exact) mass is 482 g/mol. The molecule has 0 radical (unpaired) electrons. The van der Waals surface area contributed by atoms with E-state index in [1.54, 1.807) is 0 Å². The van der Waals surface area contributed by atoms with Crippen LogP contribution in [-0.2, 0) is 16.7 Å². The van der Waals surface area contributed by atoms with Crippen LogP contribution in [0.1, 0.15) is 6.42 Å². The van der Waals surface area contributed by atoms with E-state index in [9.17, 15) is 13.0 Å². The average Bonchev–Trinajstić information content (AvgIpc) is 3.47. The molecule has 0 fully saturated rings. The molecular formula is C27H22N4O3S. The summed E-state index contributed by atoms with van der Waals surface area (Å²) in [5.74, 6) is -0.411. The number of rotatable bonds is 6. The number of para-hydroxylation sites is 2. The predicted molar refractivity (Wildman–Crippen MR) is 134 cm³/mol. The molecule has 35 heavy (non-hydrogen) atoms. The van der Waals surface area contributed by atoms with Crippen molar-refractivity contribution in [2.45, 2.75) is 13.0 Å². The highest BCUT2D eigenvalue weighted by atomic mass is 32.2. The summed E-state index contributed by atoms with van der Waals surface area (Å²) in [5.41, 5.74) is 7.62. The molecule has 0 spiro atoms. The zero-order chi connectivity index (χ0) is 24.0. The van der Waals surface area contributed by atoms with E-state index in [2.05, 4.69) is 33.1 Å². The van der Waals surface area contributed by atoms with E-state index in [0.717, 1.165) is 44.8 Å². The lowest BCUT2D eigenvalue weighted by Gasteiger charge is -2.08. The first kappa shape index (κ1) is 21.5. The summed E-state index contributed by atoms with van der Waals surface area (Å²) in [6.45, 7) is 0.374. The highest BCUT2D eigenvalue weighted by Gasteiger charge is 2.27. The molecular weight excluding hydrogens is 460 g/mol. The van der Waals surface area contributed by atoms with Gasteiger partial charge in [-0.2, -0.15) is 4.40 Å². The van der Waals surface area contributed by atoms with E-state index in [1.165, 1.54) is 0 Å². The lowest BCUT2D eigenvalue weighted by molar-refractivity contribution is -0.669. The van der Waals surface area contributed by atoms with Gasteiger partial charge in [-0.3, -0.25) is 4.40 Å². The molecule has 0 bridgehead atoms. The highest BCUT2D eigenvalue weighted by Crippen LogP contribution is 2.31. The molecule has 0 unspecified atom stereocenters. The fraction of sp³-hybridized carbons (Fsp3) is 0.111. The zero-order valence-corrected chi connectivity index (χ0v) is 19.6. The molecule has 174 valence electrons. The lowest BCUT2D eigenvalue weighted by Crippen LogP contribution is -2.34. The van der Waals surface area contributed by atoms with Crippen LogP contribution in [0, 0.1) is 0 Å². The van der Waals surface area contributed by atoms with Crippen LogP contribution in [0.3, 0.4) is 0 Å². The number of aryl methyl sites for hydroxylation is 1. The second kappa shape index (κ2) is 8.33. The predicted octanol–water partition coefficient (Wildman–Crippen LogP) is 4.30. The Morgan fingerprint density at radius 2 is 1.34 bits per heavy atom. The minimum absolute atomic E-state index is 0.218. The van der Waals surface area contributed by atoms with E-state index in [1.807, 2.05) is 77.6 Å². The molecule has 0 saturated heterocycles. The van der Waals surface area contributed by atoms with Crippen molar-refractivity contribution in [2.75, 3.05) is 5.75 Å². The van der Waals surface area contributed by atoms with Gasteiger partial charge < -0.3 is 4.55 Å². The Bertz CT molecular complexity index is 1790. The topological polar surface area (TPSA) is 82.8 Å². The molecule has 0 amide bonds. The Labute approximate surface area is 202 Å². The van der Waals surface area contributed by atoms with Gasteiger partial charge in [-0.25, -0.2) is 18.0 Å². The van der Waals surface area contributed by atoms with Crippen LogP contribution >= 0.6 is 0 Å². The van der Waals surface area contributed by atoms with Gasteiger partial charge in [0, 0.05) is 16.9 Å². The van der Waals surface area contributed by atoms with Crippen molar-refractivity contribution < 1.29 is 17.5 Å². The minimum atomic E-state index is -4.29. The van der Waals surface area contributed by atoms with Gasteiger partial charge in [0.05, 0.1) is 34.1 Å². The van der Waals surface area contributed by atoms with Crippen molar-refractivity contribution in [2.24, 2.45) is 0 Å². The Kier molecular flexibility index (Phi) is 5.12. The normalized spacial score (nSPS) is 12.1. The number of imidazole rings is 2. The fourth-order valence-corrected chi connectivity index (χ4v) is 5.27. The second-order valence-corrected chi connectivity index (χ2v) is 10.0. The average molecular weight is 483 g/mol. The largest absolute Gasteiger partial charge is 0.748 e. The Morgan fingerprint density at radius 3 is 1.97 bits per heavy atom. The molecule has 0 aliphatic heterocycles. The van der Waals surface area contributed by atoms with Gasteiger partial charge in [0.2, 0.25) is 5.65 Å². The molecule has 6 rings (SSSR count). The number of nitrogens with zero attached hydrogens (tertiary/aromatic N) is 4. The smallest absolute Gasteiger partial charge is 0.331 e. The molecule has 8 heteroatoms.